The van der Waals surface area contributed by atoms with Crippen molar-refractivity contribution in [3.05, 3.63) is 58.3 Å². The lowest BCUT2D eigenvalue weighted by atomic mass is 10.2. The van der Waals surface area contributed by atoms with Crippen LogP contribution in [0.15, 0.2) is 47.8 Å². The van der Waals surface area contributed by atoms with E-state index < -0.39 is 10.8 Å². The molecule has 3 nitrogen and oxygen atoms in total. The highest BCUT2D eigenvalue weighted by Crippen LogP contribution is 2.11. The molecular formula is C17H21NO2S2. The molecule has 1 aromatic heterocycles. The van der Waals surface area contributed by atoms with Crippen LogP contribution in [0, 0.1) is 0 Å². The molecule has 1 heterocycles. The van der Waals surface area contributed by atoms with Crippen molar-refractivity contribution in [3.63, 3.8) is 0 Å². The maximum Gasteiger partial charge on any atom is 0.220 e. The average Bonchev–Trinajstić information content (AvgIpc) is 3.01. The molecule has 5 heteroatoms. The van der Waals surface area contributed by atoms with Gasteiger partial charge in [0.15, 0.2) is 0 Å². The highest BCUT2D eigenvalue weighted by Gasteiger charge is 2.05. The Morgan fingerprint density at radius 1 is 1.14 bits per heavy atom. The largest absolute Gasteiger partial charge is 0.355 e. The predicted octanol–water partition coefficient (Wildman–Crippen LogP) is 3.14. The van der Waals surface area contributed by atoms with Gasteiger partial charge in [-0.3, -0.25) is 9.00 Å². The molecule has 0 spiro atoms. The molecule has 2 aromatic rings. The molecule has 1 N–H and O–H groups in total. The SMILES string of the molecule is O=C(CCCc1cccs1)NCCS(=O)Cc1ccccc1. The van der Waals surface area contributed by atoms with Gasteiger partial charge in [-0.25, -0.2) is 0 Å². The number of thiophene rings is 1. The number of hydrogen-bond acceptors (Lipinski definition) is 3. The molecule has 0 aliphatic carbocycles. The Bertz CT molecular complexity index is 582. The fourth-order valence-corrected chi connectivity index (χ4v) is 3.89. The molecule has 1 amide bonds. The molecule has 0 bridgehead atoms. The molecule has 1 atom stereocenters. The quantitative estimate of drug-likeness (QED) is 0.765. The lowest BCUT2D eigenvalue weighted by Gasteiger charge is -2.05. The molecule has 0 saturated carbocycles. The molecule has 0 fully saturated rings. The summed E-state index contributed by atoms with van der Waals surface area (Å²) in [5.41, 5.74) is 1.07. The summed E-state index contributed by atoms with van der Waals surface area (Å²) in [6.07, 6.45) is 2.34. The van der Waals surface area contributed by atoms with E-state index in [9.17, 15) is 9.00 Å². The predicted molar refractivity (Wildman–Crippen MR) is 93.4 cm³/mol. The average molecular weight is 335 g/mol. The number of rotatable bonds is 9. The van der Waals surface area contributed by atoms with E-state index >= 15 is 0 Å². The first-order valence-electron chi connectivity index (χ1n) is 7.42. The van der Waals surface area contributed by atoms with Crippen molar-refractivity contribution in [3.8, 4) is 0 Å². The van der Waals surface area contributed by atoms with Gasteiger partial charge in [0, 0.05) is 40.1 Å². The van der Waals surface area contributed by atoms with Crippen molar-refractivity contribution in [1.82, 2.24) is 5.32 Å². The normalized spacial score (nSPS) is 12.0. The molecule has 0 aliphatic heterocycles. The summed E-state index contributed by atoms with van der Waals surface area (Å²) in [7, 11) is -0.930. The number of carbonyl (C=O) groups is 1. The molecule has 0 aliphatic rings. The van der Waals surface area contributed by atoms with Crippen LogP contribution in [0.25, 0.3) is 0 Å². The van der Waals surface area contributed by atoms with Crippen LogP contribution in [-0.4, -0.2) is 22.4 Å². The lowest BCUT2D eigenvalue weighted by molar-refractivity contribution is -0.121. The zero-order valence-corrected chi connectivity index (χ0v) is 14.1. The van der Waals surface area contributed by atoms with E-state index in [1.165, 1.54) is 4.88 Å². The van der Waals surface area contributed by atoms with E-state index in [0.29, 0.717) is 24.5 Å². The Balaban J connectivity index is 1.55. The Hall–Kier alpha value is -1.46. The molecular weight excluding hydrogens is 314 g/mol. The van der Waals surface area contributed by atoms with E-state index in [2.05, 4.69) is 16.8 Å². The van der Waals surface area contributed by atoms with Gasteiger partial charge >= 0.3 is 0 Å². The minimum absolute atomic E-state index is 0.0493. The Labute approximate surface area is 138 Å². The molecule has 118 valence electrons. The third-order valence-corrected chi connectivity index (χ3v) is 5.48. The van der Waals surface area contributed by atoms with Gasteiger partial charge in [-0.2, -0.15) is 0 Å². The Kier molecular flexibility index (Phi) is 7.33. The van der Waals surface area contributed by atoms with Crippen LogP contribution >= 0.6 is 11.3 Å². The zero-order chi connectivity index (χ0) is 15.6. The van der Waals surface area contributed by atoms with Crippen molar-refractivity contribution in [2.24, 2.45) is 0 Å². The number of amides is 1. The first-order chi connectivity index (χ1) is 10.7. The number of hydrogen-bond donors (Lipinski definition) is 1. The summed E-state index contributed by atoms with van der Waals surface area (Å²) >= 11 is 1.73. The monoisotopic (exact) mass is 335 g/mol. The standard InChI is InChI=1S/C17H21NO2S2/c19-17(10-4-8-16-9-5-12-21-16)18-11-13-22(20)14-15-6-2-1-3-7-15/h1-3,5-7,9,12H,4,8,10-11,13-14H2,(H,18,19). The summed E-state index contributed by atoms with van der Waals surface area (Å²) in [6.45, 7) is 0.483. The van der Waals surface area contributed by atoms with E-state index in [4.69, 9.17) is 0 Å². The fraction of sp³-hybridized carbons (Fsp3) is 0.353. The van der Waals surface area contributed by atoms with Crippen LogP contribution in [-0.2, 0) is 27.8 Å². The van der Waals surface area contributed by atoms with Gasteiger partial charge in [-0.1, -0.05) is 36.4 Å². The van der Waals surface area contributed by atoms with E-state index in [1.807, 2.05) is 36.4 Å². The highest BCUT2D eigenvalue weighted by atomic mass is 32.2. The second-order valence-corrected chi connectivity index (χ2v) is 7.67. The zero-order valence-electron chi connectivity index (χ0n) is 12.5. The van der Waals surface area contributed by atoms with Gasteiger partial charge in [0.1, 0.15) is 0 Å². The number of carbonyl (C=O) groups excluding carboxylic acids is 1. The van der Waals surface area contributed by atoms with Crippen LogP contribution in [0.2, 0.25) is 0 Å². The molecule has 0 radical (unpaired) electrons. The number of aryl methyl sites for hydroxylation is 1. The maximum absolute atomic E-state index is 11.9. The first kappa shape index (κ1) is 16.9. The number of nitrogens with one attached hydrogen (secondary N) is 1. The van der Waals surface area contributed by atoms with Crippen LogP contribution < -0.4 is 5.32 Å². The van der Waals surface area contributed by atoms with Crippen LogP contribution in [0.4, 0.5) is 0 Å². The van der Waals surface area contributed by atoms with Crippen molar-refractivity contribution >= 4 is 28.0 Å². The summed E-state index contributed by atoms with van der Waals surface area (Å²) in [5.74, 6) is 1.11. The fourth-order valence-electron chi connectivity index (χ4n) is 2.10. The molecule has 1 aromatic carbocycles. The summed E-state index contributed by atoms with van der Waals surface area (Å²) in [6, 6.07) is 13.9. The topological polar surface area (TPSA) is 46.2 Å². The summed E-state index contributed by atoms with van der Waals surface area (Å²) in [5, 5.41) is 4.90. The van der Waals surface area contributed by atoms with Gasteiger partial charge in [0.2, 0.25) is 5.91 Å². The van der Waals surface area contributed by atoms with Gasteiger partial charge in [-0.15, -0.1) is 11.3 Å². The summed E-state index contributed by atoms with van der Waals surface area (Å²) in [4.78, 5) is 13.0. The lowest BCUT2D eigenvalue weighted by Crippen LogP contribution is -2.27. The Morgan fingerprint density at radius 3 is 2.68 bits per heavy atom. The van der Waals surface area contributed by atoms with Crippen molar-refractivity contribution in [2.75, 3.05) is 12.3 Å². The van der Waals surface area contributed by atoms with Crippen LogP contribution in [0.5, 0.6) is 0 Å². The Morgan fingerprint density at radius 2 is 1.95 bits per heavy atom. The van der Waals surface area contributed by atoms with Crippen LogP contribution in [0.3, 0.4) is 0 Å². The van der Waals surface area contributed by atoms with Gasteiger partial charge in [-0.05, 0) is 29.9 Å². The maximum atomic E-state index is 11.9. The van der Waals surface area contributed by atoms with Crippen molar-refractivity contribution in [2.45, 2.75) is 25.0 Å². The summed E-state index contributed by atoms with van der Waals surface area (Å²) < 4.78 is 11.9. The highest BCUT2D eigenvalue weighted by molar-refractivity contribution is 7.84. The van der Waals surface area contributed by atoms with E-state index in [0.717, 1.165) is 18.4 Å². The minimum Gasteiger partial charge on any atom is -0.355 e. The van der Waals surface area contributed by atoms with Gasteiger partial charge in [0.05, 0.1) is 0 Å². The third-order valence-electron chi connectivity index (χ3n) is 3.23. The van der Waals surface area contributed by atoms with Crippen LogP contribution in [0.1, 0.15) is 23.3 Å². The second kappa shape index (κ2) is 9.54. The van der Waals surface area contributed by atoms with Gasteiger partial charge in [0.25, 0.3) is 0 Å². The van der Waals surface area contributed by atoms with Crippen molar-refractivity contribution in [1.29, 1.82) is 0 Å². The second-order valence-electron chi connectivity index (χ2n) is 5.06. The van der Waals surface area contributed by atoms with Gasteiger partial charge < -0.3 is 5.32 Å². The molecule has 0 saturated heterocycles. The molecule has 1 unspecified atom stereocenters. The van der Waals surface area contributed by atoms with E-state index in [1.54, 1.807) is 11.3 Å². The molecule has 2 rings (SSSR count). The first-order valence-corrected chi connectivity index (χ1v) is 9.79. The van der Waals surface area contributed by atoms with E-state index in [-0.39, 0.29) is 5.91 Å². The number of benzene rings is 1. The smallest absolute Gasteiger partial charge is 0.220 e. The minimum atomic E-state index is -0.930. The van der Waals surface area contributed by atoms with Crippen molar-refractivity contribution < 1.29 is 9.00 Å². The third kappa shape index (κ3) is 6.54. The molecule has 22 heavy (non-hydrogen) atoms.